The molecule has 0 bridgehead atoms. The second-order valence-electron chi connectivity index (χ2n) is 8.48. The average molecular weight is 471 g/mol. The van der Waals surface area contributed by atoms with Crippen molar-refractivity contribution in [2.75, 3.05) is 13.7 Å². The van der Waals surface area contributed by atoms with Gasteiger partial charge in [0, 0.05) is 16.6 Å². The van der Waals surface area contributed by atoms with Crippen LogP contribution in [0.5, 0.6) is 17.2 Å². The first-order valence-corrected chi connectivity index (χ1v) is 11.5. The molecule has 0 saturated heterocycles. The predicted molar refractivity (Wildman–Crippen MR) is 132 cm³/mol. The topological polar surface area (TPSA) is 92.8 Å². The van der Waals surface area contributed by atoms with Crippen LogP contribution in [0.15, 0.2) is 72.8 Å². The Hall–Kier alpha value is -4.26. The molecule has 1 atom stereocenters. The number of nitrogens with zero attached hydrogens (tertiary/aromatic N) is 1. The van der Waals surface area contributed by atoms with Crippen LogP contribution in [-0.2, 0) is 27.3 Å². The normalized spacial score (nSPS) is 14.5. The molecule has 7 heteroatoms. The van der Waals surface area contributed by atoms with Gasteiger partial charge >= 0.3 is 5.97 Å². The van der Waals surface area contributed by atoms with Gasteiger partial charge < -0.3 is 24.5 Å². The van der Waals surface area contributed by atoms with Crippen molar-refractivity contribution in [2.24, 2.45) is 5.73 Å². The minimum Gasteiger partial charge on any atom is -0.481 e. The number of carbonyl (C=O) groups excluding carboxylic acids is 2. The summed E-state index contributed by atoms with van der Waals surface area (Å²) in [6.07, 6.45) is 1.36. The third kappa shape index (κ3) is 4.33. The number of primary amides is 1. The van der Waals surface area contributed by atoms with Crippen LogP contribution >= 0.6 is 0 Å². The molecule has 1 amide bonds. The molecule has 0 spiro atoms. The van der Waals surface area contributed by atoms with Gasteiger partial charge in [-0.25, -0.2) is 4.79 Å². The summed E-state index contributed by atoms with van der Waals surface area (Å²) in [5.41, 5.74) is 9.63. The molecule has 1 aliphatic carbocycles. The van der Waals surface area contributed by atoms with Gasteiger partial charge in [-0.15, -0.1) is 0 Å². The second kappa shape index (κ2) is 9.54. The average Bonchev–Trinajstić information content (AvgIpc) is 3.44. The van der Waals surface area contributed by atoms with E-state index in [0.29, 0.717) is 18.7 Å². The molecule has 0 fully saturated rings. The molecule has 2 N–H and O–H groups in total. The number of ether oxygens (including phenoxy) is 3. The number of hydrogen-bond donors (Lipinski definition) is 1. The summed E-state index contributed by atoms with van der Waals surface area (Å²) in [7, 11) is 1.32. The molecule has 1 heterocycles. The molecular weight excluding hydrogens is 444 g/mol. The number of para-hydroxylation sites is 2. The van der Waals surface area contributed by atoms with Crippen LogP contribution in [-0.4, -0.2) is 30.2 Å². The quantitative estimate of drug-likeness (QED) is 0.382. The monoisotopic (exact) mass is 470 g/mol. The smallest absolute Gasteiger partial charge is 0.343 e. The van der Waals surface area contributed by atoms with Crippen LogP contribution < -0.4 is 15.2 Å². The summed E-state index contributed by atoms with van der Waals surface area (Å²) in [6.45, 7) is 0.325. The maximum absolute atomic E-state index is 12.3. The molecule has 7 nitrogen and oxygen atoms in total. The summed E-state index contributed by atoms with van der Waals surface area (Å²) < 4.78 is 18.9. The fourth-order valence-corrected chi connectivity index (χ4v) is 4.82. The van der Waals surface area contributed by atoms with Crippen LogP contribution in [0.2, 0.25) is 0 Å². The molecule has 0 saturated carbocycles. The number of fused-ring (bicyclic) bond motifs is 3. The van der Waals surface area contributed by atoms with E-state index < -0.39 is 11.9 Å². The van der Waals surface area contributed by atoms with Crippen molar-refractivity contribution in [3.63, 3.8) is 0 Å². The number of rotatable bonds is 8. The largest absolute Gasteiger partial charge is 0.481 e. The van der Waals surface area contributed by atoms with Crippen molar-refractivity contribution in [1.82, 2.24) is 4.57 Å². The number of esters is 1. The van der Waals surface area contributed by atoms with E-state index in [2.05, 4.69) is 4.57 Å². The Balaban J connectivity index is 1.60. The number of aromatic nitrogens is 1. The Morgan fingerprint density at radius 1 is 0.971 bits per heavy atom. The predicted octanol–water partition coefficient (Wildman–Crippen LogP) is 4.55. The highest BCUT2D eigenvalue weighted by molar-refractivity contribution is 5.97. The summed E-state index contributed by atoms with van der Waals surface area (Å²) >= 11 is 0. The van der Waals surface area contributed by atoms with Gasteiger partial charge in [0.1, 0.15) is 17.2 Å². The van der Waals surface area contributed by atoms with Crippen LogP contribution in [0.3, 0.4) is 0 Å². The van der Waals surface area contributed by atoms with E-state index in [9.17, 15) is 9.59 Å². The summed E-state index contributed by atoms with van der Waals surface area (Å²) in [4.78, 5) is 24.1. The first-order valence-electron chi connectivity index (χ1n) is 11.5. The number of carbonyl (C=O) groups is 2. The lowest BCUT2D eigenvalue weighted by Crippen LogP contribution is -2.19. The number of nitrogens with two attached hydrogens (primary N) is 1. The standard InChI is InChI=1S/C28H26N2O5/c1-33-25(31)17-34-24-13-7-11-21-27(24)26-20(28(29)32)14-15-22(26)30(21)16-18-8-5-6-12-23(18)35-19-9-3-2-4-10-19/h2-13,20H,14-17H2,1H3,(H2,29,32). The highest BCUT2D eigenvalue weighted by Gasteiger charge is 2.34. The van der Waals surface area contributed by atoms with Crippen LogP contribution in [0.1, 0.15) is 29.2 Å². The van der Waals surface area contributed by atoms with E-state index in [4.69, 9.17) is 19.9 Å². The zero-order valence-corrected chi connectivity index (χ0v) is 19.4. The maximum atomic E-state index is 12.3. The first kappa shape index (κ1) is 22.5. The van der Waals surface area contributed by atoms with Gasteiger partial charge in [0.05, 0.1) is 25.1 Å². The van der Waals surface area contributed by atoms with E-state index in [1.54, 1.807) is 6.07 Å². The van der Waals surface area contributed by atoms with Crippen molar-refractivity contribution in [1.29, 1.82) is 0 Å². The molecule has 3 aromatic carbocycles. The van der Waals surface area contributed by atoms with Gasteiger partial charge in [0.25, 0.3) is 0 Å². The fourth-order valence-electron chi connectivity index (χ4n) is 4.82. The molecular formula is C28H26N2O5. The maximum Gasteiger partial charge on any atom is 0.343 e. The van der Waals surface area contributed by atoms with Gasteiger partial charge in [-0.2, -0.15) is 0 Å². The van der Waals surface area contributed by atoms with Crippen LogP contribution in [0.25, 0.3) is 10.9 Å². The lowest BCUT2D eigenvalue weighted by Gasteiger charge is -2.15. The summed E-state index contributed by atoms with van der Waals surface area (Å²) in [5.74, 6) is 0.805. The Bertz CT molecular complexity index is 1390. The van der Waals surface area contributed by atoms with E-state index in [1.807, 2.05) is 66.7 Å². The Morgan fingerprint density at radius 2 is 1.71 bits per heavy atom. The Kier molecular flexibility index (Phi) is 6.14. The molecule has 1 aromatic heterocycles. The Morgan fingerprint density at radius 3 is 2.49 bits per heavy atom. The lowest BCUT2D eigenvalue weighted by molar-refractivity contribution is -0.142. The molecule has 35 heavy (non-hydrogen) atoms. The SMILES string of the molecule is COC(=O)COc1cccc2c1c1c(n2Cc2ccccc2Oc2ccccc2)CCC1C(N)=O. The van der Waals surface area contributed by atoms with Gasteiger partial charge in [0.2, 0.25) is 5.91 Å². The number of benzene rings is 3. The number of hydrogen-bond acceptors (Lipinski definition) is 5. The van der Waals surface area contributed by atoms with Gasteiger partial charge in [0.15, 0.2) is 6.61 Å². The van der Waals surface area contributed by atoms with E-state index in [1.165, 1.54) is 7.11 Å². The first-order chi connectivity index (χ1) is 17.1. The van der Waals surface area contributed by atoms with Gasteiger partial charge in [-0.3, -0.25) is 4.79 Å². The summed E-state index contributed by atoms with van der Waals surface area (Å²) in [6, 6.07) is 23.3. The van der Waals surface area contributed by atoms with Gasteiger partial charge in [-0.05, 0) is 48.7 Å². The van der Waals surface area contributed by atoms with Crippen LogP contribution in [0.4, 0.5) is 0 Å². The minimum absolute atomic E-state index is 0.218. The lowest BCUT2D eigenvalue weighted by atomic mass is 9.99. The van der Waals surface area contributed by atoms with Crippen molar-refractivity contribution < 1.29 is 23.8 Å². The van der Waals surface area contributed by atoms with Crippen LogP contribution in [0, 0.1) is 0 Å². The number of amides is 1. The van der Waals surface area contributed by atoms with E-state index in [-0.39, 0.29) is 12.5 Å². The Labute approximate surface area is 203 Å². The number of methoxy groups -OCH3 is 1. The summed E-state index contributed by atoms with van der Waals surface area (Å²) in [5, 5.41) is 0.814. The minimum atomic E-state index is -0.475. The fraction of sp³-hybridized carbons (Fsp3) is 0.214. The molecule has 1 unspecified atom stereocenters. The van der Waals surface area contributed by atoms with Gasteiger partial charge in [-0.1, -0.05) is 42.5 Å². The third-order valence-electron chi connectivity index (χ3n) is 6.41. The second-order valence-corrected chi connectivity index (χ2v) is 8.48. The molecule has 178 valence electrons. The zero-order chi connectivity index (χ0) is 24.4. The molecule has 5 rings (SSSR count). The van der Waals surface area contributed by atoms with Crippen molar-refractivity contribution in [3.05, 3.63) is 89.6 Å². The molecule has 4 aromatic rings. The molecule has 1 aliphatic rings. The zero-order valence-electron chi connectivity index (χ0n) is 19.4. The van der Waals surface area contributed by atoms with Crippen molar-refractivity contribution in [3.8, 4) is 17.2 Å². The van der Waals surface area contributed by atoms with Crippen molar-refractivity contribution >= 4 is 22.8 Å². The third-order valence-corrected chi connectivity index (χ3v) is 6.41. The van der Waals surface area contributed by atoms with Crippen molar-refractivity contribution in [2.45, 2.75) is 25.3 Å². The molecule has 0 radical (unpaired) electrons. The van der Waals surface area contributed by atoms with E-state index >= 15 is 0 Å². The highest BCUT2D eigenvalue weighted by Crippen LogP contribution is 2.45. The molecule has 0 aliphatic heterocycles. The highest BCUT2D eigenvalue weighted by atomic mass is 16.6. The van der Waals surface area contributed by atoms with E-state index in [0.717, 1.165) is 45.6 Å².